The highest BCUT2D eigenvalue weighted by Crippen LogP contribution is 2.38. The zero-order chi connectivity index (χ0) is 19.4. The molecule has 144 valence electrons. The van der Waals surface area contributed by atoms with E-state index in [9.17, 15) is 18.0 Å². The minimum Gasteiger partial charge on any atom is -0.490 e. The minimum absolute atomic E-state index is 0.162. The molecule has 2 heterocycles. The lowest BCUT2D eigenvalue weighted by Gasteiger charge is -2.14. The normalized spacial score (nSPS) is 13.6. The van der Waals surface area contributed by atoms with Crippen molar-refractivity contribution in [2.24, 2.45) is 0 Å². The summed E-state index contributed by atoms with van der Waals surface area (Å²) in [7, 11) is 0. The molecule has 0 saturated carbocycles. The van der Waals surface area contributed by atoms with E-state index < -0.39 is 24.6 Å². The summed E-state index contributed by atoms with van der Waals surface area (Å²) in [5.74, 6) is -0.299. The molecule has 1 aliphatic rings. The van der Waals surface area contributed by atoms with E-state index in [1.54, 1.807) is 0 Å². The largest absolute Gasteiger partial charge is 0.490 e. The molecule has 6 nitrogen and oxygen atoms in total. The van der Waals surface area contributed by atoms with E-state index in [0.717, 1.165) is 0 Å². The Labute approximate surface area is 157 Å². The molecule has 1 aromatic heterocycles. The van der Waals surface area contributed by atoms with Crippen LogP contribution in [0.25, 0.3) is 0 Å². The lowest BCUT2D eigenvalue weighted by molar-refractivity contribution is -0.154. The highest BCUT2D eigenvalue weighted by molar-refractivity contribution is 6.34. The van der Waals surface area contributed by atoms with Crippen molar-refractivity contribution in [3.05, 3.63) is 41.0 Å². The van der Waals surface area contributed by atoms with Crippen LogP contribution < -0.4 is 19.5 Å². The van der Waals surface area contributed by atoms with Crippen molar-refractivity contribution < 1.29 is 32.2 Å². The summed E-state index contributed by atoms with van der Waals surface area (Å²) in [6, 6.07) is 5.70. The van der Waals surface area contributed by atoms with Gasteiger partial charge in [-0.1, -0.05) is 11.6 Å². The predicted octanol–water partition coefficient (Wildman–Crippen LogP) is 4.09. The molecule has 0 unspecified atom stereocenters. The lowest BCUT2D eigenvalue weighted by Crippen LogP contribution is -2.22. The minimum atomic E-state index is -4.55. The number of amides is 1. The Morgan fingerprint density at radius 3 is 2.67 bits per heavy atom. The van der Waals surface area contributed by atoms with Crippen LogP contribution in [0.3, 0.4) is 0 Å². The molecule has 0 bridgehead atoms. The Morgan fingerprint density at radius 1 is 1.26 bits per heavy atom. The Kier molecular flexibility index (Phi) is 5.59. The van der Waals surface area contributed by atoms with Crippen LogP contribution in [0, 0.1) is 0 Å². The summed E-state index contributed by atoms with van der Waals surface area (Å²) in [6.45, 7) is -0.639. The van der Waals surface area contributed by atoms with Gasteiger partial charge >= 0.3 is 6.18 Å². The van der Waals surface area contributed by atoms with Gasteiger partial charge in [-0.15, -0.1) is 0 Å². The van der Waals surface area contributed by atoms with Crippen molar-refractivity contribution in [3.8, 4) is 17.4 Å². The van der Waals surface area contributed by atoms with Crippen LogP contribution in [0.1, 0.15) is 16.8 Å². The van der Waals surface area contributed by atoms with Gasteiger partial charge in [0.2, 0.25) is 5.88 Å². The van der Waals surface area contributed by atoms with E-state index in [1.807, 2.05) is 0 Å². The van der Waals surface area contributed by atoms with Crippen molar-refractivity contribution >= 4 is 23.2 Å². The third kappa shape index (κ3) is 4.94. The molecule has 1 amide bonds. The number of aromatic nitrogens is 1. The Morgan fingerprint density at radius 2 is 1.96 bits per heavy atom. The summed E-state index contributed by atoms with van der Waals surface area (Å²) < 4.78 is 52.8. The third-order valence-electron chi connectivity index (χ3n) is 3.47. The molecule has 1 aliphatic heterocycles. The first-order valence-corrected chi connectivity index (χ1v) is 8.26. The van der Waals surface area contributed by atoms with Crippen LogP contribution in [0.15, 0.2) is 30.5 Å². The van der Waals surface area contributed by atoms with Crippen molar-refractivity contribution in [1.82, 2.24) is 4.98 Å². The van der Waals surface area contributed by atoms with E-state index in [-0.39, 0.29) is 16.3 Å². The number of pyridine rings is 1. The second kappa shape index (κ2) is 7.91. The fourth-order valence-electron chi connectivity index (χ4n) is 2.30. The second-order valence-electron chi connectivity index (χ2n) is 5.54. The summed E-state index contributed by atoms with van der Waals surface area (Å²) >= 11 is 6.16. The molecular formula is C17H14ClF3N2O4. The number of benzene rings is 1. The Balaban J connectivity index is 1.81. The van der Waals surface area contributed by atoms with E-state index in [0.29, 0.717) is 31.1 Å². The first-order chi connectivity index (χ1) is 12.8. The van der Waals surface area contributed by atoms with E-state index in [1.165, 1.54) is 30.5 Å². The Hall–Kier alpha value is -2.68. The number of hydrogen-bond acceptors (Lipinski definition) is 5. The highest BCUT2D eigenvalue weighted by Gasteiger charge is 2.29. The molecular weight excluding hydrogens is 389 g/mol. The monoisotopic (exact) mass is 402 g/mol. The molecule has 3 rings (SSSR count). The average Bonchev–Trinajstić information content (AvgIpc) is 2.84. The van der Waals surface area contributed by atoms with Gasteiger partial charge in [0.25, 0.3) is 5.91 Å². The van der Waals surface area contributed by atoms with Gasteiger partial charge in [0.05, 0.1) is 23.9 Å². The fourth-order valence-corrected chi connectivity index (χ4v) is 2.50. The van der Waals surface area contributed by atoms with Gasteiger partial charge in [0.15, 0.2) is 18.1 Å². The van der Waals surface area contributed by atoms with Crippen LogP contribution in [-0.2, 0) is 0 Å². The van der Waals surface area contributed by atoms with Gasteiger partial charge in [-0.2, -0.15) is 13.2 Å². The molecule has 1 aromatic carbocycles. The highest BCUT2D eigenvalue weighted by atomic mass is 35.5. The van der Waals surface area contributed by atoms with Crippen LogP contribution >= 0.6 is 11.6 Å². The second-order valence-corrected chi connectivity index (χ2v) is 5.95. The number of fused-ring (bicyclic) bond motifs is 1. The smallest absolute Gasteiger partial charge is 0.422 e. The zero-order valence-corrected chi connectivity index (χ0v) is 14.6. The summed E-state index contributed by atoms with van der Waals surface area (Å²) in [5, 5.41) is 2.72. The number of hydrogen-bond donors (Lipinski definition) is 1. The average molecular weight is 403 g/mol. The number of halogens is 4. The van der Waals surface area contributed by atoms with Gasteiger partial charge in [0, 0.05) is 24.8 Å². The van der Waals surface area contributed by atoms with E-state index in [4.69, 9.17) is 21.1 Å². The topological polar surface area (TPSA) is 69.7 Å². The zero-order valence-electron chi connectivity index (χ0n) is 13.8. The van der Waals surface area contributed by atoms with Gasteiger partial charge in [0.1, 0.15) is 5.56 Å². The number of carbonyl (C=O) groups is 1. The lowest BCUT2D eigenvalue weighted by atomic mass is 10.2. The summed E-state index contributed by atoms with van der Waals surface area (Å²) in [4.78, 5) is 16.2. The van der Waals surface area contributed by atoms with Gasteiger partial charge in [-0.3, -0.25) is 4.79 Å². The van der Waals surface area contributed by atoms with Crippen molar-refractivity contribution in [1.29, 1.82) is 0 Å². The molecule has 0 saturated heterocycles. The molecule has 10 heteroatoms. The first kappa shape index (κ1) is 19.1. The number of rotatable bonds is 4. The van der Waals surface area contributed by atoms with Crippen LogP contribution in [-0.4, -0.2) is 36.9 Å². The van der Waals surface area contributed by atoms with Gasteiger partial charge in [-0.25, -0.2) is 4.98 Å². The maximum Gasteiger partial charge on any atom is 0.422 e. The molecule has 0 atom stereocenters. The number of nitrogens with zero attached hydrogens (tertiary/aromatic N) is 1. The van der Waals surface area contributed by atoms with Crippen molar-refractivity contribution in [3.63, 3.8) is 0 Å². The number of nitrogens with one attached hydrogen (secondary N) is 1. The summed E-state index contributed by atoms with van der Waals surface area (Å²) in [6.07, 6.45) is -2.63. The molecule has 0 aliphatic carbocycles. The molecule has 2 aromatic rings. The van der Waals surface area contributed by atoms with Crippen LogP contribution in [0.2, 0.25) is 5.02 Å². The molecule has 0 radical (unpaired) electrons. The number of anilines is 1. The maximum atomic E-state index is 12.5. The van der Waals surface area contributed by atoms with Crippen molar-refractivity contribution in [2.45, 2.75) is 12.6 Å². The SMILES string of the molecule is O=C(Nc1cc2c(cc1Cl)OCCCO2)c1cccnc1OCC(F)(F)F. The maximum absolute atomic E-state index is 12.5. The number of ether oxygens (including phenoxy) is 3. The van der Waals surface area contributed by atoms with Gasteiger partial charge in [-0.05, 0) is 12.1 Å². The third-order valence-corrected chi connectivity index (χ3v) is 3.79. The Bertz CT molecular complexity index is 845. The molecule has 0 spiro atoms. The molecule has 27 heavy (non-hydrogen) atoms. The summed E-state index contributed by atoms with van der Waals surface area (Å²) in [5.41, 5.74) is 0.0569. The molecule has 0 fully saturated rings. The quantitative estimate of drug-likeness (QED) is 0.834. The van der Waals surface area contributed by atoms with Crippen molar-refractivity contribution in [2.75, 3.05) is 25.1 Å². The number of carbonyl (C=O) groups excluding carboxylic acids is 1. The van der Waals surface area contributed by atoms with Crippen LogP contribution in [0.4, 0.5) is 18.9 Å². The number of alkyl halides is 3. The fraction of sp³-hybridized carbons (Fsp3) is 0.294. The standard InChI is InChI=1S/C17H14ClF3N2O4/c18-11-7-13-14(26-6-2-5-25-13)8-12(11)23-15(24)10-3-1-4-22-16(10)27-9-17(19,20)21/h1,3-4,7-8H,2,5-6,9H2,(H,23,24). The molecule has 1 N–H and O–H groups in total. The van der Waals surface area contributed by atoms with E-state index in [2.05, 4.69) is 15.0 Å². The van der Waals surface area contributed by atoms with Crippen LogP contribution in [0.5, 0.6) is 17.4 Å². The predicted molar refractivity (Wildman–Crippen MR) is 90.8 cm³/mol. The van der Waals surface area contributed by atoms with E-state index >= 15 is 0 Å². The first-order valence-electron chi connectivity index (χ1n) is 7.88. The van der Waals surface area contributed by atoms with Gasteiger partial charge < -0.3 is 19.5 Å².